The lowest BCUT2D eigenvalue weighted by atomic mass is 9.98. The van der Waals surface area contributed by atoms with E-state index in [4.69, 9.17) is 4.74 Å². The molecule has 0 aliphatic carbocycles. The number of ether oxygens (including phenoxy) is 1. The van der Waals surface area contributed by atoms with Gasteiger partial charge in [-0.15, -0.1) is 11.3 Å². The quantitative estimate of drug-likeness (QED) is 0.544. The van der Waals surface area contributed by atoms with Gasteiger partial charge in [0.1, 0.15) is 0 Å². The zero-order chi connectivity index (χ0) is 23.0. The van der Waals surface area contributed by atoms with Crippen LogP contribution in [0.25, 0.3) is 16.2 Å². The fourth-order valence-electron chi connectivity index (χ4n) is 4.29. The van der Waals surface area contributed by atoms with Crippen LogP contribution in [0.5, 0.6) is 0 Å². The van der Waals surface area contributed by atoms with Gasteiger partial charge in [-0.3, -0.25) is 23.5 Å². The summed E-state index contributed by atoms with van der Waals surface area (Å²) in [4.78, 5) is 45.5. The highest BCUT2D eigenvalue weighted by molar-refractivity contribution is 7.15. The van der Waals surface area contributed by atoms with Gasteiger partial charge in [0.15, 0.2) is 4.96 Å². The molecule has 1 unspecified atom stereocenters. The summed E-state index contributed by atoms with van der Waals surface area (Å²) in [6, 6.07) is 1.86. The van der Waals surface area contributed by atoms with Gasteiger partial charge in [-0.05, 0) is 39.7 Å². The number of amides is 1. The first-order valence-electron chi connectivity index (χ1n) is 10.7. The molecule has 0 radical (unpaired) electrons. The van der Waals surface area contributed by atoms with Crippen LogP contribution in [-0.4, -0.2) is 55.6 Å². The van der Waals surface area contributed by atoms with Gasteiger partial charge in [0.05, 0.1) is 41.6 Å². The number of thiazole rings is 1. The monoisotopic (exact) mass is 457 g/mol. The van der Waals surface area contributed by atoms with E-state index in [9.17, 15) is 14.4 Å². The molecule has 0 aromatic carbocycles. The van der Waals surface area contributed by atoms with Gasteiger partial charge in [-0.1, -0.05) is 0 Å². The molecule has 32 heavy (non-hydrogen) atoms. The Balaban J connectivity index is 1.63. The summed E-state index contributed by atoms with van der Waals surface area (Å²) < 4.78 is 8.33. The number of hydrogen-bond donors (Lipinski definition) is 0. The number of carbonyl (C=O) groups is 2. The summed E-state index contributed by atoms with van der Waals surface area (Å²) >= 11 is 1.34. The highest BCUT2D eigenvalue weighted by Crippen LogP contribution is 2.23. The van der Waals surface area contributed by atoms with E-state index in [1.165, 1.54) is 15.7 Å². The minimum absolute atomic E-state index is 0.0735. The maximum absolute atomic E-state index is 13.5. The van der Waals surface area contributed by atoms with E-state index in [1.54, 1.807) is 23.6 Å². The summed E-state index contributed by atoms with van der Waals surface area (Å²) in [6.45, 7) is 6.75. The lowest BCUT2D eigenvalue weighted by Gasteiger charge is -2.31. The molecule has 0 saturated carbocycles. The number of likely N-dealkylation sites (tertiary alicyclic amines) is 1. The fraction of sp³-hybridized carbons (Fsp3) is 0.500. The number of piperidine rings is 1. The molecule has 170 valence electrons. The minimum Gasteiger partial charge on any atom is -0.466 e. The molecule has 4 heterocycles. The van der Waals surface area contributed by atoms with E-state index < -0.39 is 0 Å². The van der Waals surface area contributed by atoms with Crippen molar-refractivity contribution in [2.45, 2.75) is 40.0 Å². The molecule has 0 N–H and O–H groups in total. The highest BCUT2D eigenvalue weighted by atomic mass is 32.1. The number of hydrogen-bond acceptors (Lipinski definition) is 7. The molecule has 0 spiro atoms. The van der Waals surface area contributed by atoms with E-state index in [1.807, 2.05) is 25.3 Å². The van der Waals surface area contributed by atoms with Crippen LogP contribution < -0.4 is 5.56 Å². The number of aromatic nitrogens is 4. The number of rotatable bonds is 5. The molecule has 1 amide bonds. The van der Waals surface area contributed by atoms with Gasteiger partial charge in [-0.25, -0.2) is 4.98 Å². The molecule has 9 nitrogen and oxygen atoms in total. The first-order valence-corrected chi connectivity index (χ1v) is 11.6. The normalized spacial score (nSPS) is 16.5. The molecular weight excluding hydrogens is 430 g/mol. The summed E-state index contributed by atoms with van der Waals surface area (Å²) in [5.41, 5.74) is 3.02. The molecule has 3 aromatic heterocycles. The second kappa shape index (κ2) is 8.85. The van der Waals surface area contributed by atoms with E-state index in [2.05, 4.69) is 10.1 Å². The summed E-state index contributed by atoms with van der Waals surface area (Å²) in [5.74, 6) is -0.652. The van der Waals surface area contributed by atoms with Crippen molar-refractivity contribution < 1.29 is 14.3 Å². The van der Waals surface area contributed by atoms with Crippen LogP contribution in [-0.2, 0) is 27.8 Å². The van der Waals surface area contributed by atoms with Gasteiger partial charge >= 0.3 is 5.97 Å². The maximum Gasteiger partial charge on any atom is 0.310 e. The zero-order valence-electron chi connectivity index (χ0n) is 18.8. The third kappa shape index (κ3) is 4.06. The molecular formula is C22H27N5O4S. The number of aryl methyl sites for hydroxylation is 3. The molecule has 1 fully saturated rings. The molecule has 4 rings (SSSR count). The molecule has 1 atom stereocenters. The van der Waals surface area contributed by atoms with Crippen LogP contribution in [0.1, 0.15) is 36.8 Å². The Bertz CT molecular complexity index is 1240. The third-order valence-electron chi connectivity index (χ3n) is 5.81. The Morgan fingerprint density at radius 2 is 2.09 bits per heavy atom. The minimum atomic E-state index is -0.293. The van der Waals surface area contributed by atoms with Crippen LogP contribution >= 0.6 is 11.3 Å². The van der Waals surface area contributed by atoms with Crippen LogP contribution in [0.15, 0.2) is 16.2 Å². The van der Waals surface area contributed by atoms with Gasteiger partial charge in [0, 0.05) is 31.2 Å². The van der Waals surface area contributed by atoms with Crippen molar-refractivity contribution in [3.05, 3.63) is 38.9 Å². The Morgan fingerprint density at radius 3 is 2.78 bits per heavy atom. The van der Waals surface area contributed by atoms with Gasteiger partial charge in [-0.2, -0.15) is 5.10 Å². The summed E-state index contributed by atoms with van der Waals surface area (Å²) in [5, 5.41) is 6.16. The zero-order valence-corrected chi connectivity index (χ0v) is 19.6. The fourth-order valence-corrected chi connectivity index (χ4v) is 5.22. The van der Waals surface area contributed by atoms with Crippen LogP contribution in [0, 0.1) is 19.8 Å². The number of esters is 1. The molecule has 3 aromatic rings. The van der Waals surface area contributed by atoms with E-state index in [0.717, 1.165) is 18.5 Å². The second-order valence-corrected chi connectivity index (χ2v) is 8.96. The Morgan fingerprint density at radius 1 is 1.31 bits per heavy atom. The lowest BCUT2D eigenvalue weighted by Crippen LogP contribution is -2.43. The Labute approximate surface area is 189 Å². The maximum atomic E-state index is 13.5. The van der Waals surface area contributed by atoms with Crippen molar-refractivity contribution in [2.75, 3.05) is 19.7 Å². The molecule has 1 aliphatic heterocycles. The van der Waals surface area contributed by atoms with Crippen molar-refractivity contribution in [3.63, 3.8) is 0 Å². The van der Waals surface area contributed by atoms with Gasteiger partial charge in [0.25, 0.3) is 5.56 Å². The van der Waals surface area contributed by atoms with Crippen molar-refractivity contribution in [3.8, 4) is 11.3 Å². The first kappa shape index (κ1) is 22.2. The average Bonchev–Trinajstić information content (AvgIpc) is 3.30. The van der Waals surface area contributed by atoms with E-state index in [-0.39, 0.29) is 29.8 Å². The molecule has 1 aliphatic rings. The smallest absolute Gasteiger partial charge is 0.310 e. The third-order valence-corrected chi connectivity index (χ3v) is 6.68. The standard InChI is InChI=1S/C22H27N5O4S/c1-5-31-21(30)15-7-6-8-26(11-15)18(28)10-16-12-32-22-23-14(3)19(20(29)27(16)22)17-9-13(2)24-25(17)4/h9,12,15H,5-8,10-11H2,1-4H3. The molecule has 1 saturated heterocycles. The topological polar surface area (TPSA) is 98.8 Å². The van der Waals surface area contributed by atoms with Crippen LogP contribution in [0.4, 0.5) is 0 Å². The number of fused-ring (bicyclic) bond motifs is 1. The summed E-state index contributed by atoms with van der Waals surface area (Å²) in [7, 11) is 1.80. The van der Waals surface area contributed by atoms with Gasteiger partial charge in [0.2, 0.25) is 5.91 Å². The predicted octanol–water partition coefficient (Wildman–Crippen LogP) is 2.12. The highest BCUT2D eigenvalue weighted by Gasteiger charge is 2.30. The predicted molar refractivity (Wildman–Crippen MR) is 121 cm³/mol. The van der Waals surface area contributed by atoms with Crippen LogP contribution in [0.3, 0.4) is 0 Å². The SMILES string of the molecule is CCOC(=O)C1CCCN(C(=O)Cc2csc3nc(C)c(-c4cc(C)nn4C)c(=O)n23)C1. The van der Waals surface area contributed by atoms with E-state index in [0.29, 0.717) is 47.3 Å². The molecule has 10 heteroatoms. The van der Waals surface area contributed by atoms with Crippen LogP contribution in [0.2, 0.25) is 0 Å². The lowest BCUT2D eigenvalue weighted by molar-refractivity contribution is -0.151. The van der Waals surface area contributed by atoms with Crippen molar-refractivity contribution >= 4 is 28.2 Å². The molecule has 0 bridgehead atoms. The van der Waals surface area contributed by atoms with E-state index >= 15 is 0 Å². The van der Waals surface area contributed by atoms with Crippen molar-refractivity contribution in [2.24, 2.45) is 13.0 Å². The largest absolute Gasteiger partial charge is 0.466 e. The number of nitrogens with zero attached hydrogens (tertiary/aromatic N) is 5. The second-order valence-electron chi connectivity index (χ2n) is 8.12. The van der Waals surface area contributed by atoms with Crippen molar-refractivity contribution in [1.82, 2.24) is 24.1 Å². The number of carbonyl (C=O) groups excluding carboxylic acids is 2. The first-order chi connectivity index (χ1) is 15.3. The van der Waals surface area contributed by atoms with Crippen molar-refractivity contribution in [1.29, 1.82) is 0 Å². The van der Waals surface area contributed by atoms with Gasteiger partial charge < -0.3 is 9.64 Å². The summed E-state index contributed by atoms with van der Waals surface area (Å²) in [6.07, 6.45) is 1.55. The average molecular weight is 458 g/mol. The Kier molecular flexibility index (Phi) is 6.14. The Hall–Kier alpha value is -3.01.